The van der Waals surface area contributed by atoms with Gasteiger partial charge in [0.05, 0.1) is 9.82 Å². The normalized spacial score (nSPS) is 10.7. The molecule has 3 nitrogen and oxygen atoms in total. The summed E-state index contributed by atoms with van der Waals surface area (Å²) in [4.78, 5) is 12.3. The number of rotatable bonds is 3. The Morgan fingerprint density at radius 2 is 1.81 bits per heavy atom. The highest BCUT2D eigenvalue weighted by atomic mass is 79.9. The molecule has 0 saturated carbocycles. The van der Waals surface area contributed by atoms with E-state index in [1.54, 1.807) is 12.1 Å². The summed E-state index contributed by atoms with van der Waals surface area (Å²) in [6, 6.07) is 18.9. The van der Waals surface area contributed by atoms with Crippen LogP contribution in [-0.2, 0) is 0 Å². The highest BCUT2D eigenvalue weighted by molar-refractivity contribution is 9.10. The summed E-state index contributed by atoms with van der Waals surface area (Å²) in [6.07, 6.45) is 0. The summed E-state index contributed by atoms with van der Waals surface area (Å²) in [5.41, 5.74) is 0.134. The number of benzene rings is 3. The molecular formula is C16H10BrNO2S. The highest BCUT2D eigenvalue weighted by Gasteiger charge is 2.13. The first kappa shape index (κ1) is 14.1. The van der Waals surface area contributed by atoms with Crippen LogP contribution in [0.4, 0.5) is 5.69 Å². The molecule has 3 aromatic rings. The van der Waals surface area contributed by atoms with Gasteiger partial charge in [0.25, 0.3) is 5.69 Å². The maximum atomic E-state index is 11.1. The van der Waals surface area contributed by atoms with Gasteiger partial charge in [-0.05, 0) is 35.0 Å². The van der Waals surface area contributed by atoms with Crippen molar-refractivity contribution in [2.24, 2.45) is 0 Å². The molecule has 0 unspecified atom stereocenters. The molecule has 3 aromatic carbocycles. The maximum Gasteiger partial charge on any atom is 0.283 e. The van der Waals surface area contributed by atoms with Gasteiger partial charge in [0.2, 0.25) is 0 Å². The van der Waals surface area contributed by atoms with E-state index in [0.717, 1.165) is 20.1 Å². The Morgan fingerprint density at radius 1 is 1.00 bits per heavy atom. The summed E-state index contributed by atoms with van der Waals surface area (Å²) >= 11 is 4.94. The number of hydrogen-bond acceptors (Lipinski definition) is 3. The molecule has 0 bridgehead atoms. The van der Waals surface area contributed by atoms with Crippen LogP contribution in [0.1, 0.15) is 0 Å². The number of fused-ring (bicyclic) bond motifs is 1. The van der Waals surface area contributed by atoms with Crippen molar-refractivity contribution < 1.29 is 4.92 Å². The van der Waals surface area contributed by atoms with E-state index in [2.05, 4.69) is 15.9 Å². The molecule has 3 rings (SSSR count). The molecule has 0 radical (unpaired) electrons. The second kappa shape index (κ2) is 5.87. The van der Waals surface area contributed by atoms with Crippen LogP contribution < -0.4 is 0 Å². The van der Waals surface area contributed by atoms with E-state index in [1.807, 2.05) is 42.5 Å². The molecule has 0 heterocycles. The van der Waals surface area contributed by atoms with Crippen molar-refractivity contribution >= 4 is 44.2 Å². The number of nitrogens with zero attached hydrogens (tertiary/aromatic N) is 1. The largest absolute Gasteiger partial charge is 0.283 e. The SMILES string of the molecule is O=[N+]([O-])c1ccccc1Sc1ccc2cccc(Br)c2c1. The fourth-order valence-electron chi connectivity index (χ4n) is 2.10. The van der Waals surface area contributed by atoms with Crippen LogP contribution in [0.3, 0.4) is 0 Å². The standard InChI is InChI=1S/C16H10BrNO2S/c17-14-5-3-4-11-8-9-12(10-13(11)14)21-16-7-2-1-6-15(16)18(19)20/h1-10H. The monoisotopic (exact) mass is 359 g/mol. The molecule has 0 saturated heterocycles. The molecule has 0 aliphatic heterocycles. The number of hydrogen-bond donors (Lipinski definition) is 0. The van der Waals surface area contributed by atoms with Gasteiger partial charge in [-0.3, -0.25) is 10.1 Å². The third kappa shape index (κ3) is 2.94. The van der Waals surface area contributed by atoms with Crippen molar-refractivity contribution in [3.05, 3.63) is 75.3 Å². The second-order valence-electron chi connectivity index (χ2n) is 4.45. The third-order valence-electron chi connectivity index (χ3n) is 3.09. The first-order valence-electron chi connectivity index (χ1n) is 6.25. The highest BCUT2D eigenvalue weighted by Crippen LogP contribution is 2.36. The molecule has 0 aromatic heterocycles. The number of nitro benzene ring substituents is 1. The van der Waals surface area contributed by atoms with E-state index in [1.165, 1.54) is 17.8 Å². The van der Waals surface area contributed by atoms with Gasteiger partial charge in [0.1, 0.15) is 0 Å². The van der Waals surface area contributed by atoms with E-state index in [4.69, 9.17) is 0 Å². The van der Waals surface area contributed by atoms with Crippen molar-refractivity contribution in [3.8, 4) is 0 Å². The van der Waals surface area contributed by atoms with Gasteiger partial charge in [-0.1, -0.05) is 58.0 Å². The van der Waals surface area contributed by atoms with E-state index >= 15 is 0 Å². The summed E-state index contributed by atoms with van der Waals surface area (Å²) in [7, 11) is 0. The summed E-state index contributed by atoms with van der Waals surface area (Å²) < 4.78 is 1.02. The Labute approximate surface area is 134 Å². The summed E-state index contributed by atoms with van der Waals surface area (Å²) in [5, 5.41) is 13.3. The number of nitro groups is 1. The Kier molecular flexibility index (Phi) is 3.94. The molecule has 0 spiro atoms. The third-order valence-corrected chi connectivity index (χ3v) is 4.84. The first-order chi connectivity index (χ1) is 10.1. The second-order valence-corrected chi connectivity index (χ2v) is 6.42. The fourth-order valence-corrected chi connectivity index (χ4v) is 3.55. The van der Waals surface area contributed by atoms with Crippen LogP contribution in [0.5, 0.6) is 0 Å². The lowest BCUT2D eigenvalue weighted by Gasteiger charge is -2.06. The average molecular weight is 360 g/mol. The minimum atomic E-state index is -0.348. The Morgan fingerprint density at radius 3 is 2.62 bits per heavy atom. The minimum Gasteiger partial charge on any atom is -0.258 e. The Bertz CT molecular complexity index is 835. The average Bonchev–Trinajstić information content (AvgIpc) is 2.48. The Hall–Kier alpha value is -1.85. The predicted octanol–water partition coefficient (Wildman–Crippen LogP) is 5.66. The first-order valence-corrected chi connectivity index (χ1v) is 7.85. The molecule has 0 atom stereocenters. The zero-order chi connectivity index (χ0) is 14.8. The lowest BCUT2D eigenvalue weighted by atomic mass is 10.1. The number of halogens is 1. The molecule has 0 amide bonds. The van der Waals surface area contributed by atoms with Gasteiger partial charge in [0.15, 0.2) is 0 Å². The van der Waals surface area contributed by atoms with Crippen LogP contribution >= 0.6 is 27.7 Å². The fraction of sp³-hybridized carbons (Fsp3) is 0. The predicted molar refractivity (Wildman–Crippen MR) is 88.9 cm³/mol. The van der Waals surface area contributed by atoms with Crippen LogP contribution in [0.15, 0.2) is 74.9 Å². The maximum absolute atomic E-state index is 11.1. The topological polar surface area (TPSA) is 43.1 Å². The summed E-state index contributed by atoms with van der Waals surface area (Å²) in [5.74, 6) is 0. The lowest BCUT2D eigenvalue weighted by molar-refractivity contribution is -0.387. The zero-order valence-electron chi connectivity index (χ0n) is 10.8. The molecular weight excluding hydrogens is 350 g/mol. The van der Waals surface area contributed by atoms with Crippen molar-refractivity contribution in [1.29, 1.82) is 0 Å². The van der Waals surface area contributed by atoms with Crippen molar-refractivity contribution in [2.45, 2.75) is 9.79 Å². The Balaban J connectivity index is 2.03. The molecule has 0 N–H and O–H groups in total. The van der Waals surface area contributed by atoms with Crippen LogP contribution in [0, 0.1) is 10.1 Å². The van der Waals surface area contributed by atoms with Crippen LogP contribution in [0.2, 0.25) is 0 Å². The number of para-hydroxylation sites is 1. The molecule has 5 heteroatoms. The van der Waals surface area contributed by atoms with Gasteiger partial charge in [-0.2, -0.15) is 0 Å². The van der Waals surface area contributed by atoms with E-state index in [-0.39, 0.29) is 10.6 Å². The van der Waals surface area contributed by atoms with E-state index < -0.39 is 0 Å². The van der Waals surface area contributed by atoms with Gasteiger partial charge >= 0.3 is 0 Å². The van der Waals surface area contributed by atoms with Crippen LogP contribution in [0.25, 0.3) is 10.8 Å². The summed E-state index contributed by atoms with van der Waals surface area (Å²) in [6.45, 7) is 0. The van der Waals surface area contributed by atoms with Gasteiger partial charge in [-0.25, -0.2) is 0 Å². The lowest BCUT2D eigenvalue weighted by Crippen LogP contribution is -1.89. The molecule has 0 aliphatic rings. The molecule has 21 heavy (non-hydrogen) atoms. The molecule has 104 valence electrons. The molecule has 0 fully saturated rings. The quantitative estimate of drug-likeness (QED) is 0.447. The molecule has 0 aliphatic carbocycles. The van der Waals surface area contributed by atoms with Gasteiger partial charge in [-0.15, -0.1) is 0 Å². The van der Waals surface area contributed by atoms with E-state index in [9.17, 15) is 10.1 Å². The van der Waals surface area contributed by atoms with Crippen molar-refractivity contribution in [3.63, 3.8) is 0 Å². The van der Waals surface area contributed by atoms with Gasteiger partial charge < -0.3 is 0 Å². The smallest absolute Gasteiger partial charge is 0.258 e. The minimum absolute atomic E-state index is 0.134. The zero-order valence-corrected chi connectivity index (χ0v) is 13.2. The van der Waals surface area contributed by atoms with Gasteiger partial charge in [0, 0.05) is 15.4 Å². The van der Waals surface area contributed by atoms with Crippen LogP contribution in [-0.4, -0.2) is 4.92 Å². The van der Waals surface area contributed by atoms with Crippen molar-refractivity contribution in [2.75, 3.05) is 0 Å². The van der Waals surface area contributed by atoms with E-state index in [0.29, 0.717) is 4.90 Å². The van der Waals surface area contributed by atoms with Crippen molar-refractivity contribution in [1.82, 2.24) is 0 Å².